The summed E-state index contributed by atoms with van der Waals surface area (Å²) in [6.07, 6.45) is -0.948. The predicted molar refractivity (Wildman–Crippen MR) is 88.6 cm³/mol. The number of halogens is 2. The zero-order valence-electron chi connectivity index (χ0n) is 13.8. The minimum atomic E-state index is -2.62. The van der Waals surface area contributed by atoms with Crippen LogP contribution in [-0.4, -0.2) is 31.3 Å². The van der Waals surface area contributed by atoms with Crippen molar-refractivity contribution in [2.24, 2.45) is 0 Å². The molecule has 1 saturated heterocycles. The monoisotopic (exact) mass is 361 g/mol. The third kappa shape index (κ3) is 3.17. The Bertz CT molecular complexity index is 801. The molecule has 0 bridgehead atoms. The number of nitrogens with one attached hydrogen (secondary N) is 1. The van der Waals surface area contributed by atoms with E-state index in [4.69, 9.17) is 9.47 Å². The highest BCUT2D eigenvalue weighted by Crippen LogP contribution is 2.41. The fourth-order valence-corrected chi connectivity index (χ4v) is 2.98. The molecule has 1 fully saturated rings. The number of alkyl halides is 1. The molecule has 136 valence electrons. The van der Waals surface area contributed by atoms with Crippen LogP contribution in [0.15, 0.2) is 54.6 Å². The Morgan fingerprint density at radius 2 is 1.85 bits per heavy atom. The van der Waals surface area contributed by atoms with Gasteiger partial charge in [-0.05, 0) is 11.6 Å². The van der Waals surface area contributed by atoms with Crippen LogP contribution in [0.2, 0.25) is 0 Å². The van der Waals surface area contributed by atoms with Crippen LogP contribution in [0.1, 0.15) is 11.1 Å². The second-order valence-electron chi connectivity index (χ2n) is 6.05. The number of hydrogen-bond donors (Lipinski definition) is 1. The van der Waals surface area contributed by atoms with Crippen molar-refractivity contribution >= 4 is 12.4 Å². The normalized spacial score (nSPS) is 24.8. The van der Waals surface area contributed by atoms with Crippen LogP contribution in [0.5, 0.6) is 0 Å². The fourth-order valence-electron chi connectivity index (χ4n) is 2.98. The van der Waals surface area contributed by atoms with Crippen LogP contribution in [-0.2, 0) is 26.4 Å². The number of rotatable bonds is 5. The van der Waals surface area contributed by atoms with E-state index >= 15 is 4.39 Å². The molecule has 0 unspecified atom stereocenters. The molecule has 0 spiro atoms. The number of amides is 1. The minimum Gasteiger partial charge on any atom is -0.445 e. The van der Waals surface area contributed by atoms with Gasteiger partial charge in [0.2, 0.25) is 5.67 Å². The highest BCUT2D eigenvalue weighted by molar-refractivity contribution is 5.74. The second-order valence-corrected chi connectivity index (χ2v) is 6.05. The average molecular weight is 361 g/mol. The largest absolute Gasteiger partial charge is 0.445 e. The summed E-state index contributed by atoms with van der Waals surface area (Å²) in [6, 6.07) is 14.2. The van der Waals surface area contributed by atoms with Gasteiger partial charge in [0.25, 0.3) is 0 Å². The maximum atomic E-state index is 15.2. The van der Waals surface area contributed by atoms with Gasteiger partial charge in [-0.3, -0.25) is 4.79 Å². The minimum absolute atomic E-state index is 0.0317. The second kappa shape index (κ2) is 7.21. The lowest BCUT2D eigenvalue weighted by atomic mass is 9.78. The Balaban J connectivity index is 1.86. The summed E-state index contributed by atoms with van der Waals surface area (Å²) < 4.78 is 39.8. The molecule has 0 aliphatic carbocycles. The molecule has 2 aromatic rings. The molecule has 0 saturated carbocycles. The number of aldehydes is 1. The quantitative estimate of drug-likeness (QED) is 0.832. The van der Waals surface area contributed by atoms with Gasteiger partial charge in [0.1, 0.15) is 18.0 Å². The molecule has 3 rings (SSSR count). The van der Waals surface area contributed by atoms with Crippen LogP contribution in [0.4, 0.5) is 13.6 Å². The van der Waals surface area contributed by atoms with Gasteiger partial charge in [0.05, 0.1) is 13.2 Å². The van der Waals surface area contributed by atoms with Gasteiger partial charge < -0.3 is 14.8 Å². The Kier molecular flexibility index (Phi) is 4.99. The van der Waals surface area contributed by atoms with Gasteiger partial charge in [0.15, 0.2) is 6.29 Å². The van der Waals surface area contributed by atoms with Gasteiger partial charge in [-0.15, -0.1) is 0 Å². The first-order valence-electron chi connectivity index (χ1n) is 7.98. The van der Waals surface area contributed by atoms with Crippen molar-refractivity contribution in [3.8, 4) is 0 Å². The SMILES string of the molecule is O=C[C@]1(F)COC[C@@]1(NC(=O)OCc1ccccc1)c1ccccc1F. The zero-order valence-corrected chi connectivity index (χ0v) is 13.8. The van der Waals surface area contributed by atoms with Crippen molar-refractivity contribution in [3.05, 3.63) is 71.5 Å². The highest BCUT2D eigenvalue weighted by Gasteiger charge is 2.61. The van der Waals surface area contributed by atoms with Gasteiger partial charge >= 0.3 is 6.09 Å². The van der Waals surface area contributed by atoms with Crippen LogP contribution in [0.25, 0.3) is 0 Å². The Morgan fingerprint density at radius 1 is 1.15 bits per heavy atom. The third-order valence-electron chi connectivity index (χ3n) is 4.39. The van der Waals surface area contributed by atoms with E-state index in [1.165, 1.54) is 18.2 Å². The first kappa shape index (κ1) is 18.0. The fraction of sp³-hybridized carbons (Fsp3) is 0.263. The van der Waals surface area contributed by atoms with Crippen molar-refractivity contribution < 1.29 is 27.8 Å². The van der Waals surface area contributed by atoms with Crippen LogP contribution < -0.4 is 5.32 Å². The molecule has 1 heterocycles. The molecular formula is C19H17F2NO4. The van der Waals surface area contributed by atoms with E-state index in [1.54, 1.807) is 24.3 Å². The van der Waals surface area contributed by atoms with E-state index in [-0.39, 0.29) is 18.5 Å². The highest BCUT2D eigenvalue weighted by atomic mass is 19.1. The van der Waals surface area contributed by atoms with E-state index in [2.05, 4.69) is 5.32 Å². The Hall–Kier alpha value is -2.80. The Labute approximate surface area is 148 Å². The molecule has 5 nitrogen and oxygen atoms in total. The lowest BCUT2D eigenvalue weighted by molar-refractivity contribution is -0.121. The average Bonchev–Trinajstić information content (AvgIpc) is 2.99. The summed E-state index contributed by atoms with van der Waals surface area (Å²) in [6.45, 7) is -1.05. The molecule has 7 heteroatoms. The van der Waals surface area contributed by atoms with Crippen LogP contribution in [0, 0.1) is 5.82 Å². The standard InChI is InChI=1S/C19H17F2NO4/c20-16-9-5-4-8-15(16)19(13-25-12-18(19,21)11-23)22-17(24)26-10-14-6-2-1-3-7-14/h1-9,11H,10,12-13H2,(H,22,24)/t18-,19+/m0/s1. The van der Waals surface area contributed by atoms with E-state index in [0.717, 1.165) is 11.6 Å². The van der Waals surface area contributed by atoms with Crippen molar-refractivity contribution in [1.82, 2.24) is 5.32 Å². The topological polar surface area (TPSA) is 64.6 Å². The smallest absolute Gasteiger partial charge is 0.408 e. The first-order valence-corrected chi connectivity index (χ1v) is 7.98. The number of benzene rings is 2. The number of ether oxygens (including phenoxy) is 2. The predicted octanol–water partition coefficient (Wildman–Crippen LogP) is 2.88. The van der Waals surface area contributed by atoms with Crippen molar-refractivity contribution in [3.63, 3.8) is 0 Å². The summed E-state index contributed by atoms with van der Waals surface area (Å²) in [5, 5.41) is 2.33. The first-order chi connectivity index (χ1) is 12.5. The molecule has 2 aromatic carbocycles. The number of hydrogen-bond acceptors (Lipinski definition) is 4. The summed E-state index contributed by atoms with van der Waals surface area (Å²) >= 11 is 0. The summed E-state index contributed by atoms with van der Waals surface area (Å²) in [7, 11) is 0. The number of carbonyl (C=O) groups excluding carboxylic acids is 2. The zero-order chi connectivity index (χ0) is 18.6. The van der Waals surface area contributed by atoms with E-state index < -0.39 is 36.3 Å². The molecular weight excluding hydrogens is 344 g/mol. The maximum Gasteiger partial charge on any atom is 0.408 e. The number of carbonyl (C=O) groups is 2. The third-order valence-corrected chi connectivity index (χ3v) is 4.39. The molecule has 1 N–H and O–H groups in total. The van der Waals surface area contributed by atoms with E-state index in [1.807, 2.05) is 6.07 Å². The van der Waals surface area contributed by atoms with Crippen molar-refractivity contribution in [2.45, 2.75) is 17.8 Å². The molecule has 1 aliphatic rings. The molecule has 0 aromatic heterocycles. The molecule has 1 aliphatic heterocycles. The molecule has 1 amide bonds. The molecule has 0 radical (unpaired) electrons. The van der Waals surface area contributed by atoms with E-state index in [0.29, 0.717) is 0 Å². The van der Waals surface area contributed by atoms with Crippen LogP contribution >= 0.6 is 0 Å². The molecule has 26 heavy (non-hydrogen) atoms. The van der Waals surface area contributed by atoms with Crippen molar-refractivity contribution in [2.75, 3.05) is 13.2 Å². The lowest BCUT2D eigenvalue weighted by Crippen LogP contribution is -2.60. The van der Waals surface area contributed by atoms with Crippen LogP contribution in [0.3, 0.4) is 0 Å². The number of alkyl carbamates (subject to hydrolysis) is 1. The summed E-state index contributed by atoms with van der Waals surface area (Å²) in [5.41, 5.74) is -4.08. The van der Waals surface area contributed by atoms with Gasteiger partial charge in [-0.1, -0.05) is 48.5 Å². The van der Waals surface area contributed by atoms with E-state index in [9.17, 15) is 14.0 Å². The van der Waals surface area contributed by atoms with Crippen molar-refractivity contribution in [1.29, 1.82) is 0 Å². The summed E-state index contributed by atoms with van der Waals surface area (Å²) in [5.74, 6) is -0.759. The Morgan fingerprint density at radius 3 is 2.54 bits per heavy atom. The van der Waals surface area contributed by atoms with Gasteiger partial charge in [-0.2, -0.15) is 0 Å². The molecule has 2 atom stereocenters. The summed E-state index contributed by atoms with van der Waals surface area (Å²) in [4.78, 5) is 23.7. The maximum absolute atomic E-state index is 15.2. The van der Waals surface area contributed by atoms with Gasteiger partial charge in [-0.25, -0.2) is 13.6 Å². The lowest BCUT2D eigenvalue weighted by Gasteiger charge is -2.36. The van der Waals surface area contributed by atoms with Gasteiger partial charge in [0, 0.05) is 5.56 Å².